The second-order valence-corrected chi connectivity index (χ2v) is 4.20. The number of likely N-dealkylation sites (N-methyl/N-ethyl adjacent to an activating group) is 1. The summed E-state index contributed by atoms with van der Waals surface area (Å²) in [6.07, 6.45) is 0. The van der Waals surface area contributed by atoms with Crippen LogP contribution in [0.4, 0.5) is 5.69 Å². The number of nitrogens with zero attached hydrogens (tertiary/aromatic N) is 2. The summed E-state index contributed by atoms with van der Waals surface area (Å²) in [7, 11) is 3.76. The predicted molar refractivity (Wildman–Crippen MR) is 71.4 cm³/mol. The van der Waals surface area contributed by atoms with Gasteiger partial charge in [0.15, 0.2) is 0 Å². The van der Waals surface area contributed by atoms with Crippen LogP contribution in [-0.4, -0.2) is 43.9 Å². The van der Waals surface area contributed by atoms with Gasteiger partial charge in [-0.05, 0) is 38.4 Å². The summed E-state index contributed by atoms with van der Waals surface area (Å²) in [6.45, 7) is 1.07. The predicted octanol–water partition coefficient (Wildman–Crippen LogP) is 0.175. The Bertz CT molecular complexity index is 488. The summed E-state index contributed by atoms with van der Waals surface area (Å²) in [5.41, 5.74) is 0.972. The highest BCUT2D eigenvalue weighted by Gasteiger charge is 2.12. The molecule has 2 amide bonds. The molecule has 0 saturated heterocycles. The van der Waals surface area contributed by atoms with E-state index in [-0.39, 0.29) is 0 Å². The Labute approximate surface area is 112 Å². The molecule has 0 aliphatic rings. The lowest BCUT2D eigenvalue weighted by Crippen LogP contribution is -2.38. The highest BCUT2D eigenvalue weighted by Crippen LogP contribution is 2.08. The number of carbonyl (C=O) groups excluding carboxylic acids is 2. The van der Waals surface area contributed by atoms with Crippen LogP contribution in [0.2, 0.25) is 0 Å². The number of carbonyl (C=O) groups is 2. The highest BCUT2D eigenvalue weighted by atomic mass is 16.2. The zero-order chi connectivity index (χ0) is 14.3. The van der Waals surface area contributed by atoms with E-state index < -0.39 is 11.8 Å². The van der Waals surface area contributed by atoms with E-state index in [2.05, 4.69) is 10.6 Å². The summed E-state index contributed by atoms with van der Waals surface area (Å²) in [6, 6.07) is 8.26. The minimum absolute atomic E-state index is 0.409. The minimum Gasteiger partial charge on any atom is -0.347 e. The lowest BCUT2D eigenvalue weighted by Gasteiger charge is -2.10. The van der Waals surface area contributed by atoms with Gasteiger partial charge in [-0.25, -0.2) is 0 Å². The number of amides is 2. The number of hydrogen-bond donors (Lipinski definition) is 2. The Kier molecular flexibility index (Phi) is 5.51. The fourth-order valence-electron chi connectivity index (χ4n) is 1.29. The molecule has 6 nitrogen and oxygen atoms in total. The largest absolute Gasteiger partial charge is 0.347 e. The van der Waals surface area contributed by atoms with Gasteiger partial charge in [0, 0.05) is 18.8 Å². The maximum atomic E-state index is 11.5. The molecule has 100 valence electrons. The van der Waals surface area contributed by atoms with E-state index in [9.17, 15) is 9.59 Å². The Morgan fingerprint density at radius 1 is 1.21 bits per heavy atom. The first kappa shape index (κ1) is 14.7. The first-order valence-corrected chi connectivity index (χ1v) is 5.77. The van der Waals surface area contributed by atoms with E-state index in [0.29, 0.717) is 24.3 Å². The van der Waals surface area contributed by atoms with Crippen molar-refractivity contribution in [2.75, 3.05) is 32.5 Å². The number of benzene rings is 1. The Balaban J connectivity index is 2.45. The van der Waals surface area contributed by atoms with Gasteiger partial charge in [0.2, 0.25) is 0 Å². The van der Waals surface area contributed by atoms with Gasteiger partial charge in [0.1, 0.15) is 0 Å². The molecule has 0 atom stereocenters. The van der Waals surface area contributed by atoms with Crippen molar-refractivity contribution >= 4 is 17.5 Å². The van der Waals surface area contributed by atoms with Gasteiger partial charge >= 0.3 is 11.8 Å². The summed E-state index contributed by atoms with van der Waals surface area (Å²) < 4.78 is 0. The van der Waals surface area contributed by atoms with Crippen molar-refractivity contribution in [2.24, 2.45) is 0 Å². The molecule has 1 aromatic rings. The van der Waals surface area contributed by atoms with Crippen molar-refractivity contribution < 1.29 is 9.59 Å². The summed E-state index contributed by atoms with van der Waals surface area (Å²) in [5.74, 6) is -1.39. The lowest BCUT2D eigenvalue weighted by molar-refractivity contribution is -0.136. The first-order valence-electron chi connectivity index (χ1n) is 5.77. The molecule has 6 heteroatoms. The van der Waals surface area contributed by atoms with Gasteiger partial charge in [0.25, 0.3) is 0 Å². The second kappa shape index (κ2) is 7.13. The standard InChI is InChI=1S/C13H16N4O2/c1-17(2)8-7-15-12(18)13(19)16-11-5-3-10(9-14)4-6-11/h3-6H,7-8H2,1-2H3,(H,15,18)(H,16,19). The minimum atomic E-state index is -0.719. The topological polar surface area (TPSA) is 85.2 Å². The molecule has 19 heavy (non-hydrogen) atoms. The second-order valence-electron chi connectivity index (χ2n) is 4.20. The summed E-state index contributed by atoms with van der Waals surface area (Å²) in [4.78, 5) is 24.9. The average molecular weight is 260 g/mol. The Morgan fingerprint density at radius 2 is 1.84 bits per heavy atom. The van der Waals surface area contributed by atoms with Gasteiger partial charge in [0.05, 0.1) is 11.6 Å². The van der Waals surface area contributed by atoms with Gasteiger partial charge in [-0.15, -0.1) is 0 Å². The normalized spacial score (nSPS) is 9.79. The zero-order valence-corrected chi connectivity index (χ0v) is 10.9. The van der Waals surface area contributed by atoms with Gasteiger partial charge in [-0.2, -0.15) is 5.26 Å². The molecule has 1 rings (SSSR count). The van der Waals surface area contributed by atoms with Crippen molar-refractivity contribution in [1.29, 1.82) is 5.26 Å². The van der Waals surface area contributed by atoms with Crippen molar-refractivity contribution in [3.05, 3.63) is 29.8 Å². The summed E-state index contributed by atoms with van der Waals surface area (Å²) in [5, 5.41) is 13.6. The lowest BCUT2D eigenvalue weighted by atomic mass is 10.2. The molecule has 0 aliphatic heterocycles. The number of anilines is 1. The molecule has 0 fully saturated rings. The van der Waals surface area contributed by atoms with E-state index >= 15 is 0 Å². The number of nitriles is 1. The third-order valence-corrected chi connectivity index (χ3v) is 2.32. The third kappa shape index (κ3) is 5.19. The molecule has 0 aromatic heterocycles. The molecule has 0 saturated carbocycles. The van der Waals surface area contributed by atoms with E-state index in [1.54, 1.807) is 24.3 Å². The molecule has 0 unspecified atom stereocenters. The van der Waals surface area contributed by atoms with Crippen molar-refractivity contribution in [2.45, 2.75) is 0 Å². The molecule has 2 N–H and O–H groups in total. The van der Waals surface area contributed by atoms with Gasteiger partial charge in [-0.3, -0.25) is 9.59 Å². The molecular formula is C13H16N4O2. The van der Waals surface area contributed by atoms with Crippen molar-refractivity contribution in [3.8, 4) is 6.07 Å². The average Bonchev–Trinajstić information content (AvgIpc) is 2.39. The fourth-order valence-corrected chi connectivity index (χ4v) is 1.29. The monoisotopic (exact) mass is 260 g/mol. The zero-order valence-electron chi connectivity index (χ0n) is 10.9. The van der Waals surface area contributed by atoms with E-state index in [0.717, 1.165) is 0 Å². The third-order valence-electron chi connectivity index (χ3n) is 2.32. The number of rotatable bonds is 4. The van der Waals surface area contributed by atoms with Crippen molar-refractivity contribution in [3.63, 3.8) is 0 Å². The maximum Gasteiger partial charge on any atom is 0.313 e. The van der Waals surface area contributed by atoms with Crippen LogP contribution in [-0.2, 0) is 9.59 Å². The van der Waals surface area contributed by atoms with Crippen molar-refractivity contribution in [1.82, 2.24) is 10.2 Å². The van der Waals surface area contributed by atoms with Crippen LogP contribution >= 0.6 is 0 Å². The van der Waals surface area contributed by atoms with E-state index in [1.165, 1.54) is 0 Å². The van der Waals surface area contributed by atoms with Crippen LogP contribution in [0.25, 0.3) is 0 Å². The quantitative estimate of drug-likeness (QED) is 0.756. The van der Waals surface area contributed by atoms with Crippen LogP contribution in [0.5, 0.6) is 0 Å². The van der Waals surface area contributed by atoms with Crippen LogP contribution in [0.1, 0.15) is 5.56 Å². The maximum absolute atomic E-state index is 11.5. The SMILES string of the molecule is CN(C)CCNC(=O)C(=O)Nc1ccc(C#N)cc1. The van der Waals surface area contributed by atoms with Crippen LogP contribution in [0.3, 0.4) is 0 Å². The first-order chi connectivity index (χ1) is 9.02. The highest BCUT2D eigenvalue weighted by molar-refractivity contribution is 6.39. The molecule has 0 spiro atoms. The van der Waals surface area contributed by atoms with Crippen LogP contribution in [0, 0.1) is 11.3 Å². The van der Waals surface area contributed by atoms with Gasteiger partial charge in [-0.1, -0.05) is 0 Å². The molecule has 1 aromatic carbocycles. The smallest absolute Gasteiger partial charge is 0.313 e. The van der Waals surface area contributed by atoms with Crippen LogP contribution in [0.15, 0.2) is 24.3 Å². The number of hydrogen-bond acceptors (Lipinski definition) is 4. The molecule has 0 aliphatic carbocycles. The molecule has 0 radical (unpaired) electrons. The Hall–Kier alpha value is -2.39. The van der Waals surface area contributed by atoms with E-state index in [1.807, 2.05) is 25.1 Å². The summed E-state index contributed by atoms with van der Waals surface area (Å²) >= 11 is 0. The fraction of sp³-hybridized carbons (Fsp3) is 0.308. The molecule has 0 heterocycles. The van der Waals surface area contributed by atoms with Crippen LogP contribution < -0.4 is 10.6 Å². The Morgan fingerprint density at radius 3 is 2.37 bits per heavy atom. The molecular weight excluding hydrogens is 244 g/mol. The molecule has 0 bridgehead atoms. The van der Waals surface area contributed by atoms with Gasteiger partial charge < -0.3 is 15.5 Å². The van der Waals surface area contributed by atoms with E-state index in [4.69, 9.17) is 5.26 Å². The number of nitrogens with one attached hydrogen (secondary N) is 2.